The minimum absolute atomic E-state index is 0.617. The van der Waals surface area contributed by atoms with Gasteiger partial charge in [-0.3, -0.25) is 0 Å². The van der Waals surface area contributed by atoms with Crippen molar-refractivity contribution in [3.63, 3.8) is 0 Å². The monoisotopic (exact) mass is 388 g/mol. The second kappa shape index (κ2) is 9.68. The highest BCUT2D eigenvalue weighted by Gasteiger charge is 2.40. The lowest BCUT2D eigenvalue weighted by atomic mass is 10.4. The van der Waals surface area contributed by atoms with Gasteiger partial charge in [-0.15, -0.1) is 0 Å². The molecule has 0 unspecified atom stereocenters. The van der Waals surface area contributed by atoms with Crippen LogP contribution in [0.25, 0.3) is 0 Å². The van der Waals surface area contributed by atoms with Gasteiger partial charge < -0.3 is 5.11 Å². The van der Waals surface area contributed by atoms with E-state index in [1.54, 1.807) is 0 Å². The number of aliphatic hydroxyl groups excluding tert-OH is 1. The lowest BCUT2D eigenvalue weighted by molar-refractivity contribution is 0.417. The van der Waals surface area contributed by atoms with Crippen molar-refractivity contribution in [2.75, 3.05) is 30.8 Å². The third kappa shape index (κ3) is 4.57. The predicted molar refractivity (Wildman–Crippen MR) is 124 cm³/mol. The molecule has 0 radical (unpaired) electrons. The molecule has 2 aromatic carbocycles. The van der Waals surface area contributed by atoms with Gasteiger partial charge in [-0.1, -0.05) is 36.4 Å². The third-order valence-corrected chi connectivity index (χ3v) is 14.9. The van der Waals surface area contributed by atoms with Crippen molar-refractivity contribution < 1.29 is 5.11 Å². The minimum atomic E-state index is -1.46. The van der Waals surface area contributed by atoms with E-state index >= 15 is 0 Å². The van der Waals surface area contributed by atoms with Gasteiger partial charge >= 0.3 is 0 Å². The lowest BCUT2D eigenvalue weighted by Gasteiger charge is -2.26. The third-order valence-electron chi connectivity index (χ3n) is 5.77. The van der Waals surface area contributed by atoms with Crippen LogP contribution in [-0.2, 0) is 0 Å². The van der Waals surface area contributed by atoms with Crippen LogP contribution in [0.2, 0.25) is 0 Å². The number of rotatable bonds is 9. The summed E-state index contributed by atoms with van der Waals surface area (Å²) in [6, 6.07) is 21.7. The van der Waals surface area contributed by atoms with E-state index in [0.717, 1.165) is 30.8 Å². The summed E-state index contributed by atoms with van der Waals surface area (Å²) in [6.45, 7) is 9.12. The fraction of sp³-hybridized carbons (Fsp3) is 0.391. The standard InChI is InChI=1S/C23H33OP2/c1-5-25(6-2,22-15-11-9-12-16-22)19-21(24)20-26(7-3,8-4)23-17-13-10-14-18-23/h9-19H,5-8,20H2,1-4H3/q+1/p+1/b21-19+. The van der Waals surface area contributed by atoms with Crippen LogP contribution in [-0.4, -0.2) is 35.9 Å². The largest absolute Gasteiger partial charge is 0.506 e. The molecule has 1 nitrogen and oxygen atoms in total. The molecule has 26 heavy (non-hydrogen) atoms. The first kappa shape index (κ1) is 21.1. The van der Waals surface area contributed by atoms with E-state index in [4.69, 9.17) is 0 Å². The maximum atomic E-state index is 11.1. The Morgan fingerprint density at radius 1 is 0.731 bits per heavy atom. The fourth-order valence-electron chi connectivity index (χ4n) is 3.85. The van der Waals surface area contributed by atoms with Crippen molar-refractivity contribution in [1.82, 2.24) is 0 Å². The number of hydrogen-bond acceptors (Lipinski definition) is 1. The van der Waals surface area contributed by atoms with Crippen LogP contribution < -0.4 is 10.6 Å². The summed E-state index contributed by atoms with van der Waals surface area (Å²) in [5.41, 5.74) is 0. The normalized spacial score (nSPS) is 13.0. The number of hydrogen-bond donors (Lipinski definition) is 1. The van der Waals surface area contributed by atoms with Gasteiger partial charge in [-0.05, 0) is 52.0 Å². The van der Waals surface area contributed by atoms with Gasteiger partial charge in [0.05, 0.1) is 49.8 Å². The highest BCUT2D eigenvalue weighted by atomic mass is 31.2. The van der Waals surface area contributed by atoms with Crippen LogP contribution in [0.3, 0.4) is 0 Å². The predicted octanol–water partition coefficient (Wildman–Crippen LogP) is 6.15. The summed E-state index contributed by atoms with van der Waals surface area (Å²) in [7, 11) is -2.82. The van der Waals surface area contributed by atoms with Gasteiger partial charge in [0, 0.05) is 0 Å². The van der Waals surface area contributed by atoms with Crippen LogP contribution in [0.5, 0.6) is 0 Å². The topological polar surface area (TPSA) is 20.2 Å². The van der Waals surface area contributed by atoms with Crippen molar-refractivity contribution >= 4 is 25.1 Å². The van der Waals surface area contributed by atoms with E-state index < -0.39 is 14.5 Å². The molecule has 0 amide bonds. The highest BCUT2D eigenvalue weighted by molar-refractivity contribution is 7.86. The molecule has 3 heteroatoms. The second-order valence-electron chi connectivity index (χ2n) is 6.89. The smallest absolute Gasteiger partial charge is 0.165 e. The summed E-state index contributed by atoms with van der Waals surface area (Å²) in [4.78, 5) is 0. The molecule has 0 spiro atoms. The van der Waals surface area contributed by atoms with E-state index in [2.05, 4.69) is 94.2 Å². The zero-order valence-electron chi connectivity index (χ0n) is 16.7. The van der Waals surface area contributed by atoms with Crippen molar-refractivity contribution in [1.29, 1.82) is 0 Å². The molecule has 0 fully saturated rings. The van der Waals surface area contributed by atoms with Gasteiger partial charge in [-0.25, -0.2) is 0 Å². The summed E-state index contributed by atoms with van der Waals surface area (Å²) in [5.74, 6) is 2.89. The van der Waals surface area contributed by atoms with E-state index in [1.807, 2.05) is 0 Å². The first-order valence-electron chi connectivity index (χ1n) is 9.80. The molecule has 0 heterocycles. The molecule has 2 aromatic rings. The molecule has 0 bridgehead atoms. The Balaban J connectivity index is 2.39. The molecule has 140 valence electrons. The van der Waals surface area contributed by atoms with Crippen LogP contribution in [0.4, 0.5) is 0 Å². The molecule has 0 aliphatic carbocycles. The molecule has 0 aliphatic rings. The van der Waals surface area contributed by atoms with Crippen LogP contribution in [0.15, 0.2) is 72.2 Å². The van der Waals surface area contributed by atoms with Gasteiger partial charge in [0.1, 0.15) is 12.0 Å². The van der Waals surface area contributed by atoms with E-state index in [-0.39, 0.29) is 0 Å². The summed E-state index contributed by atoms with van der Waals surface area (Å²) in [5, 5.41) is 13.9. The Morgan fingerprint density at radius 3 is 1.62 bits per heavy atom. The average molecular weight is 388 g/mol. The molecule has 2 rings (SSSR count). The first-order chi connectivity index (χ1) is 12.6. The minimum Gasteiger partial charge on any atom is -0.506 e. The molecule has 0 aliphatic heterocycles. The summed E-state index contributed by atoms with van der Waals surface area (Å²) < 4.78 is 0. The first-order valence-corrected chi connectivity index (χ1v) is 14.4. The summed E-state index contributed by atoms with van der Waals surface area (Å²) >= 11 is 0. The second-order valence-corrected chi connectivity index (χ2v) is 15.4. The van der Waals surface area contributed by atoms with Gasteiger partial charge in [0.25, 0.3) is 0 Å². The highest BCUT2D eigenvalue weighted by Crippen LogP contribution is 2.62. The van der Waals surface area contributed by atoms with Gasteiger partial charge in [0.15, 0.2) is 5.76 Å². The fourth-order valence-corrected chi connectivity index (χ4v) is 10.4. The molecular weight excluding hydrogens is 354 g/mol. The van der Waals surface area contributed by atoms with Crippen LogP contribution >= 0.6 is 14.5 Å². The van der Waals surface area contributed by atoms with Crippen LogP contribution in [0, 0.1) is 0 Å². The Morgan fingerprint density at radius 2 is 1.19 bits per heavy atom. The number of benzene rings is 2. The van der Waals surface area contributed by atoms with Crippen molar-refractivity contribution in [3.8, 4) is 0 Å². The summed E-state index contributed by atoms with van der Waals surface area (Å²) in [6.07, 6.45) is 5.32. The van der Waals surface area contributed by atoms with Crippen molar-refractivity contribution in [2.24, 2.45) is 0 Å². The molecular formula is C23H34OP2+2. The average Bonchev–Trinajstić information content (AvgIpc) is 2.71. The molecule has 0 saturated carbocycles. The Hall–Kier alpha value is -1.16. The molecule has 0 aromatic heterocycles. The van der Waals surface area contributed by atoms with E-state index in [1.165, 1.54) is 10.6 Å². The SMILES string of the molecule is CC[P+](/C=C(/O)C[P+](CC)(CC)c1ccccc1)(CC)c1ccccc1. The zero-order valence-corrected chi connectivity index (χ0v) is 18.5. The molecule has 0 saturated heterocycles. The number of allylic oxidation sites excluding steroid dienone is 1. The maximum absolute atomic E-state index is 11.1. The zero-order chi connectivity index (χ0) is 19.0. The maximum Gasteiger partial charge on any atom is 0.165 e. The Bertz CT molecular complexity index is 687. The quantitative estimate of drug-likeness (QED) is 0.403. The van der Waals surface area contributed by atoms with E-state index in [9.17, 15) is 5.11 Å². The molecule has 0 atom stereocenters. The van der Waals surface area contributed by atoms with Gasteiger partial charge in [-0.2, -0.15) is 0 Å². The Labute approximate surface area is 161 Å². The molecule has 1 N–H and O–H groups in total. The Kier molecular flexibility index (Phi) is 7.87. The van der Waals surface area contributed by atoms with Crippen molar-refractivity contribution in [3.05, 3.63) is 72.2 Å². The number of aliphatic hydroxyl groups is 1. The van der Waals surface area contributed by atoms with Gasteiger partial charge in [0.2, 0.25) is 0 Å². The van der Waals surface area contributed by atoms with Crippen LogP contribution in [0.1, 0.15) is 27.7 Å². The lowest BCUT2D eigenvalue weighted by Crippen LogP contribution is -2.20. The van der Waals surface area contributed by atoms with E-state index in [0.29, 0.717) is 5.76 Å². The van der Waals surface area contributed by atoms with Crippen molar-refractivity contribution in [2.45, 2.75) is 27.7 Å².